The highest BCUT2D eigenvalue weighted by Crippen LogP contribution is 2.31. The lowest BCUT2D eigenvalue weighted by atomic mass is 9.81. The van der Waals surface area contributed by atoms with E-state index in [1.54, 1.807) is 55.5 Å². The minimum atomic E-state index is -1.20. The van der Waals surface area contributed by atoms with Gasteiger partial charge in [-0.25, -0.2) is 0 Å². The van der Waals surface area contributed by atoms with Crippen molar-refractivity contribution in [2.45, 2.75) is 19.3 Å². The second-order valence-corrected chi connectivity index (χ2v) is 5.76. The Labute approximate surface area is 152 Å². The maximum absolute atomic E-state index is 12.7. The van der Waals surface area contributed by atoms with Crippen LogP contribution >= 0.6 is 0 Å². The first-order valence-corrected chi connectivity index (χ1v) is 8.46. The van der Waals surface area contributed by atoms with Crippen LogP contribution in [0.4, 0.5) is 0 Å². The Kier molecular flexibility index (Phi) is 7.09. The number of Topliss-reactive ketones (excluding diaryl/α,β-unsaturated/α-hetero) is 1. The standard InChI is InChI=1S/C21H22O5/c1-3-26-21(24)19(20(23)25-2)17(15-10-6-4-7-11-15)14-18(22)16-12-8-5-9-13-16/h4-13,17,19H,3,14H2,1-2H3. The van der Waals surface area contributed by atoms with Crippen molar-refractivity contribution >= 4 is 17.7 Å². The lowest BCUT2D eigenvalue weighted by molar-refractivity contribution is -0.161. The molecule has 0 amide bonds. The second kappa shape index (κ2) is 9.51. The van der Waals surface area contributed by atoms with E-state index >= 15 is 0 Å². The van der Waals surface area contributed by atoms with Crippen LogP contribution < -0.4 is 0 Å². The molecule has 2 rings (SSSR count). The van der Waals surface area contributed by atoms with Crippen molar-refractivity contribution in [1.82, 2.24) is 0 Å². The summed E-state index contributed by atoms with van der Waals surface area (Å²) in [7, 11) is 1.22. The summed E-state index contributed by atoms with van der Waals surface area (Å²) in [5.74, 6) is -3.42. The van der Waals surface area contributed by atoms with Crippen molar-refractivity contribution in [2.24, 2.45) is 5.92 Å². The van der Waals surface area contributed by atoms with E-state index in [2.05, 4.69) is 0 Å². The number of esters is 2. The molecule has 5 nitrogen and oxygen atoms in total. The molecule has 0 spiro atoms. The predicted molar refractivity (Wildman–Crippen MR) is 96.7 cm³/mol. The molecule has 2 unspecified atom stereocenters. The lowest BCUT2D eigenvalue weighted by Crippen LogP contribution is -2.34. The smallest absolute Gasteiger partial charge is 0.320 e. The van der Waals surface area contributed by atoms with Crippen LogP contribution in [0.25, 0.3) is 0 Å². The molecule has 2 aromatic rings. The minimum absolute atomic E-state index is 0.00733. The predicted octanol–water partition coefficient (Wildman–Crippen LogP) is 3.40. The maximum Gasteiger partial charge on any atom is 0.320 e. The highest BCUT2D eigenvalue weighted by atomic mass is 16.5. The van der Waals surface area contributed by atoms with E-state index in [4.69, 9.17) is 9.47 Å². The first kappa shape index (κ1) is 19.4. The molecular weight excluding hydrogens is 332 g/mol. The van der Waals surface area contributed by atoms with Crippen molar-refractivity contribution in [3.63, 3.8) is 0 Å². The van der Waals surface area contributed by atoms with E-state index in [1.807, 2.05) is 12.1 Å². The van der Waals surface area contributed by atoms with Gasteiger partial charge in [-0.3, -0.25) is 14.4 Å². The normalized spacial score (nSPS) is 12.7. The average molecular weight is 354 g/mol. The Hall–Kier alpha value is -2.95. The number of ketones is 1. The molecule has 0 aliphatic carbocycles. The van der Waals surface area contributed by atoms with Gasteiger partial charge in [0.15, 0.2) is 11.7 Å². The molecule has 0 saturated heterocycles. The van der Waals surface area contributed by atoms with Gasteiger partial charge in [-0.05, 0) is 12.5 Å². The number of hydrogen-bond acceptors (Lipinski definition) is 5. The summed E-state index contributed by atoms with van der Waals surface area (Å²) in [6.45, 7) is 1.80. The summed E-state index contributed by atoms with van der Waals surface area (Å²) in [6, 6.07) is 17.8. The van der Waals surface area contributed by atoms with Gasteiger partial charge in [-0.15, -0.1) is 0 Å². The van der Waals surface area contributed by atoms with E-state index in [9.17, 15) is 14.4 Å². The van der Waals surface area contributed by atoms with E-state index in [0.29, 0.717) is 11.1 Å². The van der Waals surface area contributed by atoms with Gasteiger partial charge in [0.05, 0.1) is 13.7 Å². The summed E-state index contributed by atoms with van der Waals surface area (Å²) in [6.07, 6.45) is -0.00733. The first-order valence-electron chi connectivity index (χ1n) is 8.46. The molecule has 0 N–H and O–H groups in total. The Morgan fingerprint density at radius 3 is 2.00 bits per heavy atom. The van der Waals surface area contributed by atoms with Crippen LogP contribution in [0, 0.1) is 5.92 Å². The number of methoxy groups -OCH3 is 1. The second-order valence-electron chi connectivity index (χ2n) is 5.76. The van der Waals surface area contributed by atoms with Crippen molar-refractivity contribution in [1.29, 1.82) is 0 Å². The van der Waals surface area contributed by atoms with Gasteiger partial charge >= 0.3 is 11.9 Å². The Balaban J connectivity index is 2.40. The minimum Gasteiger partial charge on any atom is -0.468 e. The van der Waals surface area contributed by atoms with Crippen LogP contribution in [-0.2, 0) is 19.1 Å². The van der Waals surface area contributed by atoms with Crippen molar-refractivity contribution in [3.05, 3.63) is 71.8 Å². The van der Waals surface area contributed by atoms with Gasteiger partial charge in [0, 0.05) is 17.9 Å². The zero-order chi connectivity index (χ0) is 18.9. The van der Waals surface area contributed by atoms with E-state index in [1.165, 1.54) is 7.11 Å². The third kappa shape index (κ3) is 4.79. The summed E-state index contributed by atoms with van der Waals surface area (Å²) in [5.41, 5.74) is 1.24. The highest BCUT2D eigenvalue weighted by Gasteiger charge is 2.39. The molecule has 0 aliphatic rings. The van der Waals surface area contributed by atoms with Gasteiger partial charge in [-0.1, -0.05) is 60.7 Å². The molecule has 5 heteroatoms. The van der Waals surface area contributed by atoms with Gasteiger partial charge in [-0.2, -0.15) is 0 Å². The van der Waals surface area contributed by atoms with E-state index < -0.39 is 23.8 Å². The van der Waals surface area contributed by atoms with Crippen molar-refractivity contribution in [2.75, 3.05) is 13.7 Å². The molecule has 2 atom stereocenters. The topological polar surface area (TPSA) is 69.7 Å². The number of carbonyl (C=O) groups excluding carboxylic acids is 3. The lowest BCUT2D eigenvalue weighted by Gasteiger charge is -2.24. The molecule has 0 bridgehead atoms. The Bertz CT molecular complexity index is 740. The van der Waals surface area contributed by atoms with Crippen LogP contribution in [0.3, 0.4) is 0 Å². The van der Waals surface area contributed by atoms with Crippen molar-refractivity contribution in [3.8, 4) is 0 Å². The van der Waals surface area contributed by atoms with Gasteiger partial charge < -0.3 is 9.47 Å². The number of ether oxygens (including phenoxy) is 2. The average Bonchev–Trinajstić information content (AvgIpc) is 2.68. The largest absolute Gasteiger partial charge is 0.468 e. The molecular formula is C21H22O5. The first-order chi connectivity index (χ1) is 12.6. The molecule has 0 saturated carbocycles. The fourth-order valence-electron chi connectivity index (χ4n) is 2.85. The molecule has 136 valence electrons. The maximum atomic E-state index is 12.7. The SMILES string of the molecule is CCOC(=O)C(C(=O)OC)C(CC(=O)c1ccccc1)c1ccccc1. The fourth-order valence-corrected chi connectivity index (χ4v) is 2.85. The monoisotopic (exact) mass is 354 g/mol. The fraction of sp³-hybridized carbons (Fsp3) is 0.286. The van der Waals surface area contributed by atoms with Crippen LogP contribution in [0.15, 0.2) is 60.7 Å². The molecule has 0 radical (unpaired) electrons. The number of carbonyl (C=O) groups is 3. The van der Waals surface area contributed by atoms with Crippen LogP contribution in [0.2, 0.25) is 0 Å². The van der Waals surface area contributed by atoms with Crippen molar-refractivity contribution < 1.29 is 23.9 Å². The summed E-state index contributed by atoms with van der Waals surface area (Å²) in [5, 5.41) is 0. The molecule has 0 heterocycles. The third-order valence-electron chi connectivity index (χ3n) is 4.13. The summed E-state index contributed by atoms with van der Waals surface area (Å²) < 4.78 is 9.88. The van der Waals surface area contributed by atoms with E-state index in [-0.39, 0.29) is 18.8 Å². The van der Waals surface area contributed by atoms with Crippen LogP contribution in [-0.4, -0.2) is 31.4 Å². The summed E-state index contributed by atoms with van der Waals surface area (Å²) >= 11 is 0. The van der Waals surface area contributed by atoms with Crippen LogP contribution in [0.5, 0.6) is 0 Å². The zero-order valence-corrected chi connectivity index (χ0v) is 14.9. The zero-order valence-electron chi connectivity index (χ0n) is 14.9. The number of rotatable bonds is 8. The number of hydrogen-bond donors (Lipinski definition) is 0. The van der Waals surface area contributed by atoms with Crippen LogP contribution in [0.1, 0.15) is 35.2 Å². The molecule has 26 heavy (non-hydrogen) atoms. The molecule has 0 aromatic heterocycles. The quantitative estimate of drug-likeness (QED) is 0.413. The van der Waals surface area contributed by atoms with Gasteiger partial charge in [0.25, 0.3) is 0 Å². The molecule has 2 aromatic carbocycles. The molecule has 0 fully saturated rings. The van der Waals surface area contributed by atoms with E-state index in [0.717, 1.165) is 0 Å². The van der Waals surface area contributed by atoms with Gasteiger partial charge in [0.1, 0.15) is 0 Å². The summed E-state index contributed by atoms with van der Waals surface area (Å²) in [4.78, 5) is 37.5. The highest BCUT2D eigenvalue weighted by molar-refractivity contribution is 6.00. The Morgan fingerprint density at radius 1 is 0.885 bits per heavy atom. The molecule has 0 aliphatic heterocycles. The number of benzene rings is 2. The van der Waals surface area contributed by atoms with Gasteiger partial charge in [0.2, 0.25) is 0 Å². The Morgan fingerprint density at radius 2 is 1.46 bits per heavy atom. The third-order valence-corrected chi connectivity index (χ3v) is 4.13.